The van der Waals surface area contributed by atoms with E-state index in [4.69, 9.17) is 4.74 Å². The van der Waals surface area contributed by atoms with Crippen LogP contribution in [0.1, 0.15) is 31.1 Å². The van der Waals surface area contributed by atoms with Crippen molar-refractivity contribution in [3.63, 3.8) is 0 Å². The van der Waals surface area contributed by atoms with Crippen molar-refractivity contribution in [3.8, 4) is 11.5 Å². The molecule has 1 aromatic heterocycles. The highest BCUT2D eigenvalue weighted by atomic mass is 16.5. The van der Waals surface area contributed by atoms with Crippen LogP contribution in [-0.4, -0.2) is 21.4 Å². The minimum Gasteiger partial charge on any atom is -0.455 e. The van der Waals surface area contributed by atoms with Gasteiger partial charge in [0, 0.05) is 17.9 Å². The molecule has 0 fully saturated rings. The van der Waals surface area contributed by atoms with Gasteiger partial charge < -0.3 is 15.4 Å². The normalized spacial score (nSPS) is 10.9. The first-order chi connectivity index (χ1) is 12.9. The molecule has 3 aromatic rings. The molecule has 1 amide bonds. The van der Waals surface area contributed by atoms with Gasteiger partial charge in [-0.05, 0) is 45.0 Å². The van der Waals surface area contributed by atoms with Gasteiger partial charge in [-0.1, -0.05) is 30.3 Å². The van der Waals surface area contributed by atoms with E-state index in [1.54, 1.807) is 12.1 Å². The van der Waals surface area contributed by atoms with E-state index in [9.17, 15) is 4.79 Å². The summed E-state index contributed by atoms with van der Waals surface area (Å²) in [5.74, 6) is 1.43. The summed E-state index contributed by atoms with van der Waals surface area (Å²) in [5, 5.41) is 6.01. The molecule has 0 bridgehead atoms. The number of carbonyl (C=O) groups excluding carboxylic acids is 1. The quantitative estimate of drug-likeness (QED) is 0.686. The third-order valence-electron chi connectivity index (χ3n) is 3.51. The number of benzene rings is 2. The Morgan fingerprint density at radius 3 is 2.22 bits per heavy atom. The maximum absolute atomic E-state index is 12.5. The lowest BCUT2D eigenvalue weighted by atomic mass is 10.1. The van der Waals surface area contributed by atoms with Gasteiger partial charge in [-0.15, -0.1) is 0 Å². The lowest BCUT2D eigenvalue weighted by molar-refractivity contribution is 0.102. The molecule has 27 heavy (non-hydrogen) atoms. The van der Waals surface area contributed by atoms with Gasteiger partial charge in [-0.2, -0.15) is 0 Å². The van der Waals surface area contributed by atoms with Crippen molar-refractivity contribution in [2.75, 3.05) is 10.6 Å². The van der Waals surface area contributed by atoms with Crippen molar-refractivity contribution < 1.29 is 9.53 Å². The van der Waals surface area contributed by atoms with E-state index < -0.39 is 0 Å². The van der Waals surface area contributed by atoms with Crippen LogP contribution in [-0.2, 0) is 0 Å². The van der Waals surface area contributed by atoms with Crippen LogP contribution in [0.3, 0.4) is 0 Å². The summed E-state index contributed by atoms with van der Waals surface area (Å²) in [6, 6.07) is 16.7. The van der Waals surface area contributed by atoms with Crippen LogP contribution >= 0.6 is 0 Å². The number of amides is 1. The van der Waals surface area contributed by atoms with Crippen LogP contribution in [0.5, 0.6) is 11.5 Å². The number of para-hydroxylation sites is 3. The lowest BCUT2D eigenvalue weighted by Gasteiger charge is -2.20. The Balaban J connectivity index is 1.73. The summed E-state index contributed by atoms with van der Waals surface area (Å²) in [5.41, 5.74) is 0.782. The highest BCUT2D eigenvalue weighted by molar-refractivity contribution is 6.04. The summed E-state index contributed by atoms with van der Waals surface area (Å²) >= 11 is 0. The number of hydrogen-bond acceptors (Lipinski definition) is 5. The molecule has 1 heterocycles. The zero-order valence-corrected chi connectivity index (χ0v) is 15.6. The molecule has 0 aliphatic heterocycles. The molecule has 0 radical (unpaired) electrons. The van der Waals surface area contributed by atoms with E-state index in [1.807, 2.05) is 63.2 Å². The van der Waals surface area contributed by atoms with Crippen molar-refractivity contribution in [2.45, 2.75) is 26.3 Å². The van der Waals surface area contributed by atoms with Gasteiger partial charge in [0.1, 0.15) is 5.75 Å². The Kier molecular flexibility index (Phi) is 5.35. The standard InChI is InChI=1S/C21H22N4O2/c1-21(2,3)25-20-22-13-15(14-23-20)19(26)24-17-11-7-8-12-18(17)27-16-9-5-4-6-10-16/h4-14H,1-3H3,(H,24,26)(H,22,23,25). The SMILES string of the molecule is CC(C)(C)Nc1ncc(C(=O)Nc2ccccc2Oc2ccccc2)cn1. The molecular weight excluding hydrogens is 340 g/mol. The summed E-state index contributed by atoms with van der Waals surface area (Å²) in [7, 11) is 0. The first-order valence-corrected chi connectivity index (χ1v) is 8.64. The number of ether oxygens (including phenoxy) is 1. The predicted molar refractivity (Wildman–Crippen MR) is 106 cm³/mol. The van der Waals surface area contributed by atoms with Gasteiger partial charge >= 0.3 is 0 Å². The van der Waals surface area contributed by atoms with Crippen LogP contribution in [0.2, 0.25) is 0 Å². The molecule has 6 heteroatoms. The molecule has 0 spiro atoms. The fraction of sp³-hybridized carbons (Fsp3) is 0.190. The second-order valence-corrected chi connectivity index (χ2v) is 7.04. The molecule has 0 unspecified atom stereocenters. The Morgan fingerprint density at radius 2 is 1.56 bits per heavy atom. The smallest absolute Gasteiger partial charge is 0.258 e. The number of rotatable bonds is 5. The minimum atomic E-state index is -0.304. The average molecular weight is 362 g/mol. The van der Waals surface area contributed by atoms with Crippen LogP contribution in [0.25, 0.3) is 0 Å². The number of nitrogens with zero attached hydrogens (tertiary/aromatic N) is 2. The van der Waals surface area contributed by atoms with Crippen molar-refractivity contribution in [1.29, 1.82) is 0 Å². The first kappa shape index (κ1) is 18.4. The zero-order valence-electron chi connectivity index (χ0n) is 15.6. The maximum atomic E-state index is 12.5. The molecule has 3 rings (SSSR count). The summed E-state index contributed by atoms with van der Waals surface area (Å²) < 4.78 is 5.86. The van der Waals surface area contributed by atoms with Gasteiger partial charge in [0.05, 0.1) is 11.3 Å². The largest absolute Gasteiger partial charge is 0.455 e. The van der Waals surface area contributed by atoms with Crippen molar-refractivity contribution >= 4 is 17.5 Å². The molecule has 0 saturated heterocycles. The van der Waals surface area contributed by atoms with Crippen LogP contribution in [0.4, 0.5) is 11.6 Å². The van der Waals surface area contributed by atoms with E-state index in [2.05, 4.69) is 20.6 Å². The third-order valence-corrected chi connectivity index (χ3v) is 3.51. The minimum absolute atomic E-state index is 0.155. The van der Waals surface area contributed by atoms with Gasteiger partial charge in [-0.25, -0.2) is 9.97 Å². The number of anilines is 2. The third kappa shape index (κ3) is 5.28. The highest BCUT2D eigenvalue weighted by Crippen LogP contribution is 2.29. The number of hydrogen-bond donors (Lipinski definition) is 2. The van der Waals surface area contributed by atoms with Gasteiger partial charge in [0.2, 0.25) is 5.95 Å². The van der Waals surface area contributed by atoms with E-state index in [0.717, 1.165) is 0 Å². The Hall–Kier alpha value is -3.41. The fourth-order valence-corrected chi connectivity index (χ4v) is 2.31. The highest BCUT2D eigenvalue weighted by Gasteiger charge is 2.14. The molecule has 0 aliphatic rings. The molecule has 138 valence electrons. The van der Waals surface area contributed by atoms with E-state index in [0.29, 0.717) is 28.7 Å². The summed E-state index contributed by atoms with van der Waals surface area (Å²) in [6.07, 6.45) is 2.99. The van der Waals surface area contributed by atoms with Crippen LogP contribution < -0.4 is 15.4 Å². The molecule has 0 atom stereocenters. The van der Waals surface area contributed by atoms with Gasteiger partial charge in [-0.3, -0.25) is 4.79 Å². The van der Waals surface area contributed by atoms with E-state index in [-0.39, 0.29) is 11.4 Å². The molecule has 2 N–H and O–H groups in total. The Morgan fingerprint density at radius 1 is 0.926 bits per heavy atom. The molecule has 2 aromatic carbocycles. The average Bonchev–Trinajstić information content (AvgIpc) is 2.63. The topological polar surface area (TPSA) is 76.1 Å². The van der Waals surface area contributed by atoms with Gasteiger partial charge in [0.15, 0.2) is 5.75 Å². The second-order valence-electron chi connectivity index (χ2n) is 7.04. The second kappa shape index (κ2) is 7.86. The van der Waals surface area contributed by atoms with Crippen LogP contribution in [0.15, 0.2) is 67.0 Å². The van der Waals surface area contributed by atoms with E-state index in [1.165, 1.54) is 12.4 Å². The van der Waals surface area contributed by atoms with Crippen molar-refractivity contribution in [3.05, 3.63) is 72.6 Å². The molecule has 0 saturated carbocycles. The van der Waals surface area contributed by atoms with Crippen molar-refractivity contribution in [2.24, 2.45) is 0 Å². The Bertz CT molecular complexity index is 903. The van der Waals surface area contributed by atoms with Crippen LogP contribution in [0, 0.1) is 0 Å². The number of carbonyl (C=O) groups is 1. The van der Waals surface area contributed by atoms with Crippen molar-refractivity contribution in [1.82, 2.24) is 9.97 Å². The Labute approximate surface area is 158 Å². The molecular formula is C21H22N4O2. The summed E-state index contributed by atoms with van der Waals surface area (Å²) in [4.78, 5) is 21.0. The molecule has 6 nitrogen and oxygen atoms in total. The summed E-state index contributed by atoms with van der Waals surface area (Å²) in [6.45, 7) is 6.04. The monoisotopic (exact) mass is 362 g/mol. The zero-order chi connectivity index (χ0) is 19.3. The van der Waals surface area contributed by atoms with E-state index >= 15 is 0 Å². The van der Waals surface area contributed by atoms with Gasteiger partial charge in [0.25, 0.3) is 5.91 Å². The lowest BCUT2D eigenvalue weighted by Crippen LogP contribution is -2.27. The first-order valence-electron chi connectivity index (χ1n) is 8.64. The maximum Gasteiger partial charge on any atom is 0.258 e. The number of aromatic nitrogens is 2. The number of nitrogens with one attached hydrogen (secondary N) is 2. The molecule has 0 aliphatic carbocycles. The fourth-order valence-electron chi connectivity index (χ4n) is 2.31. The predicted octanol–water partition coefficient (Wildman–Crippen LogP) is 4.73.